The van der Waals surface area contributed by atoms with Crippen LogP contribution in [0.1, 0.15) is 44.6 Å². The smallest absolute Gasteiger partial charge is 0.0688 e. The van der Waals surface area contributed by atoms with Gasteiger partial charge in [-0.25, -0.2) is 0 Å². The lowest BCUT2D eigenvalue weighted by Gasteiger charge is -2.26. The first-order valence-corrected chi connectivity index (χ1v) is 8.22. The fraction of sp³-hybridized carbons (Fsp3) is 0.529. The molecule has 1 aliphatic carbocycles. The molecule has 0 saturated heterocycles. The Morgan fingerprint density at radius 1 is 1.26 bits per heavy atom. The number of aliphatic hydroxyl groups is 1. The summed E-state index contributed by atoms with van der Waals surface area (Å²) < 4.78 is 1.34. The summed E-state index contributed by atoms with van der Waals surface area (Å²) in [5, 5.41) is 14.5. The van der Waals surface area contributed by atoms with Crippen LogP contribution in [0.3, 0.4) is 0 Å². The molecule has 3 rings (SSSR count). The molecule has 1 N–H and O–H groups in total. The lowest BCUT2D eigenvalue weighted by molar-refractivity contribution is 0.0247. The summed E-state index contributed by atoms with van der Waals surface area (Å²) in [6.45, 7) is 2.31. The van der Waals surface area contributed by atoms with Gasteiger partial charge >= 0.3 is 0 Å². The number of hydrogen-bond donors (Lipinski definition) is 1. The number of hydrogen-bond acceptors (Lipinski definition) is 2. The van der Waals surface area contributed by atoms with Gasteiger partial charge in [-0.15, -0.1) is 11.3 Å². The zero-order chi connectivity index (χ0) is 13.3. The van der Waals surface area contributed by atoms with Crippen LogP contribution in [-0.2, 0) is 6.42 Å². The minimum absolute atomic E-state index is 0.478. The van der Waals surface area contributed by atoms with Crippen LogP contribution in [0.2, 0.25) is 0 Å². The molecule has 2 unspecified atom stereocenters. The van der Waals surface area contributed by atoms with Crippen LogP contribution in [-0.4, -0.2) is 10.7 Å². The maximum Gasteiger partial charge on any atom is 0.0688 e. The van der Waals surface area contributed by atoms with Gasteiger partial charge in [0.15, 0.2) is 0 Å². The molecule has 0 aliphatic heterocycles. The fourth-order valence-electron chi connectivity index (χ4n) is 3.26. The van der Waals surface area contributed by atoms with Gasteiger partial charge in [0.1, 0.15) is 0 Å². The van der Waals surface area contributed by atoms with E-state index < -0.39 is 5.60 Å². The highest BCUT2D eigenvalue weighted by Crippen LogP contribution is 2.35. The van der Waals surface area contributed by atoms with Gasteiger partial charge in [-0.2, -0.15) is 0 Å². The second kappa shape index (κ2) is 5.26. The monoisotopic (exact) mass is 274 g/mol. The molecular weight excluding hydrogens is 252 g/mol. The lowest BCUT2D eigenvalue weighted by Crippen LogP contribution is -2.30. The van der Waals surface area contributed by atoms with Gasteiger partial charge in [-0.3, -0.25) is 0 Å². The van der Waals surface area contributed by atoms with Gasteiger partial charge < -0.3 is 5.11 Å². The molecular formula is C17H22OS. The molecule has 0 spiro atoms. The fourth-order valence-corrected chi connectivity index (χ4v) is 4.23. The van der Waals surface area contributed by atoms with Crippen LogP contribution >= 0.6 is 11.3 Å². The Labute approximate surface area is 119 Å². The average molecular weight is 274 g/mol. The van der Waals surface area contributed by atoms with E-state index in [0.717, 1.165) is 25.2 Å². The van der Waals surface area contributed by atoms with E-state index in [1.54, 1.807) is 11.3 Å². The van der Waals surface area contributed by atoms with Crippen LogP contribution in [0, 0.1) is 5.92 Å². The zero-order valence-corrected chi connectivity index (χ0v) is 12.4. The van der Waals surface area contributed by atoms with Crippen LogP contribution in [0.15, 0.2) is 29.6 Å². The molecule has 1 saturated carbocycles. The molecule has 1 fully saturated rings. The minimum Gasteiger partial charge on any atom is -0.390 e. The third kappa shape index (κ3) is 2.85. The Balaban J connectivity index is 1.83. The summed E-state index contributed by atoms with van der Waals surface area (Å²) >= 11 is 1.80. The van der Waals surface area contributed by atoms with Crippen molar-refractivity contribution >= 4 is 21.4 Å². The van der Waals surface area contributed by atoms with E-state index >= 15 is 0 Å². The number of fused-ring (bicyclic) bond motifs is 1. The highest BCUT2D eigenvalue weighted by atomic mass is 32.1. The predicted molar refractivity (Wildman–Crippen MR) is 82.7 cm³/mol. The topological polar surface area (TPSA) is 20.2 Å². The van der Waals surface area contributed by atoms with Crippen molar-refractivity contribution in [3.8, 4) is 0 Å². The molecule has 1 aromatic carbocycles. The van der Waals surface area contributed by atoms with Gasteiger partial charge in [0, 0.05) is 11.1 Å². The molecule has 19 heavy (non-hydrogen) atoms. The summed E-state index contributed by atoms with van der Waals surface area (Å²) in [6, 6.07) is 8.54. The van der Waals surface area contributed by atoms with Crippen molar-refractivity contribution in [1.82, 2.24) is 0 Å². The number of benzene rings is 1. The normalized spacial score (nSPS) is 28.4. The molecule has 2 heteroatoms. The molecule has 1 nitrogen and oxygen atoms in total. The van der Waals surface area contributed by atoms with Gasteiger partial charge in [0.05, 0.1) is 5.60 Å². The van der Waals surface area contributed by atoms with Crippen molar-refractivity contribution in [2.75, 3.05) is 0 Å². The molecule has 0 radical (unpaired) electrons. The molecule has 0 amide bonds. The van der Waals surface area contributed by atoms with Crippen molar-refractivity contribution in [2.45, 2.75) is 51.0 Å². The third-order valence-corrected chi connectivity index (χ3v) is 5.53. The summed E-state index contributed by atoms with van der Waals surface area (Å²) in [5.41, 5.74) is 0.854. The Hall–Kier alpha value is -0.860. The third-order valence-electron chi connectivity index (χ3n) is 4.52. The highest BCUT2D eigenvalue weighted by molar-refractivity contribution is 7.17. The predicted octanol–water partition coefficient (Wildman–Crippen LogP) is 4.78. The molecule has 2 aromatic rings. The van der Waals surface area contributed by atoms with Crippen LogP contribution in [0.4, 0.5) is 0 Å². The van der Waals surface area contributed by atoms with Crippen molar-refractivity contribution in [1.29, 1.82) is 0 Å². The van der Waals surface area contributed by atoms with Crippen LogP contribution in [0.5, 0.6) is 0 Å². The first-order valence-electron chi connectivity index (χ1n) is 7.34. The number of thiophene rings is 1. The largest absolute Gasteiger partial charge is 0.390 e. The van der Waals surface area contributed by atoms with Gasteiger partial charge in [-0.05, 0) is 47.6 Å². The maximum atomic E-state index is 10.9. The molecule has 102 valence electrons. The molecule has 0 bridgehead atoms. The Bertz CT molecular complexity index is 559. The van der Waals surface area contributed by atoms with Crippen molar-refractivity contribution in [3.63, 3.8) is 0 Å². The highest BCUT2D eigenvalue weighted by Gasteiger charge is 2.30. The zero-order valence-electron chi connectivity index (χ0n) is 11.6. The molecule has 1 aliphatic rings. The van der Waals surface area contributed by atoms with Gasteiger partial charge in [-0.1, -0.05) is 38.0 Å². The summed E-state index contributed by atoms with van der Waals surface area (Å²) in [4.78, 5) is 0. The van der Waals surface area contributed by atoms with Gasteiger partial charge in [0.2, 0.25) is 0 Å². The van der Waals surface area contributed by atoms with E-state index in [2.05, 4.69) is 36.6 Å². The van der Waals surface area contributed by atoms with Crippen molar-refractivity contribution in [3.05, 3.63) is 35.2 Å². The quantitative estimate of drug-likeness (QED) is 0.782. The SMILES string of the molecule is CC1CCCC(O)(Cc2csc3ccccc23)CC1. The molecule has 1 heterocycles. The minimum atomic E-state index is -0.478. The van der Waals surface area contributed by atoms with E-state index in [9.17, 15) is 5.11 Å². The summed E-state index contributed by atoms with van der Waals surface area (Å²) in [6.07, 6.45) is 6.34. The Morgan fingerprint density at radius 2 is 2.11 bits per heavy atom. The second-order valence-corrected chi connectivity index (χ2v) is 7.11. The van der Waals surface area contributed by atoms with E-state index in [-0.39, 0.29) is 0 Å². The van der Waals surface area contributed by atoms with Crippen LogP contribution in [0.25, 0.3) is 10.1 Å². The Kier molecular flexibility index (Phi) is 3.64. The van der Waals surface area contributed by atoms with Crippen molar-refractivity contribution < 1.29 is 5.11 Å². The lowest BCUT2D eigenvalue weighted by atomic mass is 9.87. The molecule has 2 atom stereocenters. The Morgan fingerprint density at radius 3 is 3.00 bits per heavy atom. The van der Waals surface area contributed by atoms with E-state index in [1.165, 1.54) is 34.9 Å². The van der Waals surface area contributed by atoms with Crippen LogP contribution < -0.4 is 0 Å². The first-order chi connectivity index (χ1) is 9.16. The van der Waals surface area contributed by atoms with Crippen molar-refractivity contribution in [2.24, 2.45) is 5.92 Å². The van der Waals surface area contributed by atoms with E-state index in [1.807, 2.05) is 0 Å². The summed E-state index contributed by atoms with van der Waals surface area (Å²) in [5.74, 6) is 0.772. The van der Waals surface area contributed by atoms with E-state index in [0.29, 0.717) is 0 Å². The number of rotatable bonds is 2. The first kappa shape index (κ1) is 13.1. The van der Waals surface area contributed by atoms with E-state index in [4.69, 9.17) is 0 Å². The van der Waals surface area contributed by atoms with Gasteiger partial charge in [0.25, 0.3) is 0 Å². The average Bonchev–Trinajstić information content (AvgIpc) is 2.72. The summed E-state index contributed by atoms with van der Waals surface area (Å²) in [7, 11) is 0. The second-order valence-electron chi connectivity index (χ2n) is 6.19. The maximum absolute atomic E-state index is 10.9. The standard InChI is InChI=1S/C17H22OS/c1-13-5-4-9-17(18,10-8-13)11-14-12-19-16-7-3-2-6-15(14)16/h2-3,6-7,12-13,18H,4-5,8-11H2,1H3. The molecule has 1 aromatic heterocycles.